The molecule has 0 aliphatic carbocycles. The van der Waals surface area contributed by atoms with Crippen LogP contribution in [0.1, 0.15) is 16.1 Å². The molecule has 2 aromatic carbocycles. The molecule has 1 N–H and O–H groups in total. The lowest BCUT2D eigenvalue weighted by atomic mass is 10.2. The van der Waals surface area contributed by atoms with Crippen molar-refractivity contribution in [3.8, 4) is 11.4 Å². The van der Waals surface area contributed by atoms with E-state index in [9.17, 15) is 9.18 Å². The van der Waals surface area contributed by atoms with E-state index in [4.69, 9.17) is 17.0 Å². The monoisotopic (exact) mass is 371 g/mol. The van der Waals surface area contributed by atoms with E-state index < -0.39 is 5.82 Å². The van der Waals surface area contributed by atoms with Gasteiger partial charge in [0.25, 0.3) is 5.91 Å². The zero-order valence-corrected chi connectivity index (χ0v) is 15.2. The number of aromatic nitrogens is 2. The summed E-state index contributed by atoms with van der Waals surface area (Å²) < 4.78 is 20.9. The molecule has 0 bridgehead atoms. The molecule has 0 atom stereocenters. The van der Waals surface area contributed by atoms with Crippen LogP contribution < -0.4 is 4.74 Å². The summed E-state index contributed by atoms with van der Waals surface area (Å²) in [5.41, 5.74) is 1.88. The minimum Gasteiger partial charge on any atom is -0.494 e. The molecular formula is C19H18FN3O2S. The maximum atomic E-state index is 13.9. The summed E-state index contributed by atoms with van der Waals surface area (Å²) in [5.74, 6) is -0.511. The molecule has 26 heavy (non-hydrogen) atoms. The van der Waals surface area contributed by atoms with E-state index in [2.05, 4.69) is 4.98 Å². The van der Waals surface area contributed by atoms with Crippen LogP contribution in [0, 0.1) is 10.6 Å². The molecule has 5 nitrogen and oxygen atoms in total. The van der Waals surface area contributed by atoms with Gasteiger partial charge in [-0.25, -0.2) is 4.39 Å². The Balaban J connectivity index is 1.86. The van der Waals surface area contributed by atoms with Gasteiger partial charge in [0.15, 0.2) is 16.3 Å². The number of nitrogens with one attached hydrogen (secondary N) is 1. The molecule has 0 saturated carbocycles. The van der Waals surface area contributed by atoms with Gasteiger partial charge >= 0.3 is 0 Å². The van der Waals surface area contributed by atoms with Crippen molar-refractivity contribution in [2.24, 2.45) is 0 Å². The normalized spacial score (nSPS) is 10.6. The minimum atomic E-state index is -0.459. The number of aromatic amines is 1. The first-order chi connectivity index (χ1) is 12.5. The number of hydrogen-bond donors (Lipinski definition) is 1. The van der Waals surface area contributed by atoms with Crippen molar-refractivity contribution < 1.29 is 13.9 Å². The lowest BCUT2D eigenvalue weighted by molar-refractivity contribution is 0.0777. The summed E-state index contributed by atoms with van der Waals surface area (Å²) in [6.07, 6.45) is 1.59. The summed E-state index contributed by atoms with van der Waals surface area (Å²) >= 11 is 5.31. The molecule has 0 aliphatic heterocycles. The van der Waals surface area contributed by atoms with Crippen LogP contribution in [0.4, 0.5) is 4.39 Å². The van der Waals surface area contributed by atoms with Gasteiger partial charge in [-0.1, -0.05) is 24.3 Å². The number of hydrogen-bond acceptors (Lipinski definition) is 3. The summed E-state index contributed by atoms with van der Waals surface area (Å²) in [6, 6.07) is 14.0. The molecule has 0 radical (unpaired) electrons. The number of rotatable bonds is 5. The molecule has 7 heteroatoms. The van der Waals surface area contributed by atoms with Crippen LogP contribution in [0.3, 0.4) is 0 Å². The highest BCUT2D eigenvalue weighted by atomic mass is 32.1. The van der Waals surface area contributed by atoms with E-state index in [1.807, 2.05) is 30.3 Å². The number of carbonyl (C=O) groups is 1. The van der Waals surface area contributed by atoms with Crippen molar-refractivity contribution in [1.82, 2.24) is 14.5 Å². The lowest BCUT2D eigenvalue weighted by Crippen LogP contribution is -2.28. The number of amides is 1. The maximum absolute atomic E-state index is 13.9. The van der Waals surface area contributed by atoms with Gasteiger partial charge in [-0.15, -0.1) is 0 Å². The highest BCUT2D eigenvalue weighted by Gasteiger charge is 2.19. The van der Waals surface area contributed by atoms with Crippen molar-refractivity contribution in [3.05, 3.63) is 76.6 Å². The number of methoxy groups -OCH3 is 1. The molecule has 3 aromatic rings. The van der Waals surface area contributed by atoms with Crippen LogP contribution in [-0.4, -0.2) is 34.5 Å². The topological polar surface area (TPSA) is 50.3 Å². The van der Waals surface area contributed by atoms with E-state index in [0.29, 0.717) is 16.0 Å². The van der Waals surface area contributed by atoms with Crippen LogP contribution >= 0.6 is 12.2 Å². The van der Waals surface area contributed by atoms with Gasteiger partial charge < -0.3 is 14.6 Å². The van der Waals surface area contributed by atoms with Gasteiger partial charge in [-0.05, 0) is 42.0 Å². The van der Waals surface area contributed by atoms with Gasteiger partial charge in [-0.3, -0.25) is 9.36 Å². The summed E-state index contributed by atoms with van der Waals surface area (Å²) in [5, 5.41) is 0. The zero-order valence-electron chi connectivity index (χ0n) is 14.4. The Kier molecular flexibility index (Phi) is 5.18. The second-order valence-electron chi connectivity index (χ2n) is 5.78. The third-order valence-corrected chi connectivity index (χ3v) is 4.29. The van der Waals surface area contributed by atoms with E-state index in [1.54, 1.807) is 29.9 Å². The molecule has 1 amide bonds. The van der Waals surface area contributed by atoms with Gasteiger partial charge in [0.2, 0.25) is 0 Å². The van der Waals surface area contributed by atoms with Crippen LogP contribution in [0.15, 0.2) is 54.7 Å². The Bertz CT molecular complexity index is 982. The van der Waals surface area contributed by atoms with Gasteiger partial charge in [0.05, 0.1) is 7.11 Å². The third-order valence-electron chi connectivity index (χ3n) is 3.99. The van der Waals surface area contributed by atoms with Crippen LogP contribution in [0.2, 0.25) is 0 Å². The fourth-order valence-electron chi connectivity index (χ4n) is 2.71. The Labute approximate surface area is 155 Å². The Morgan fingerprint density at radius 1 is 1.27 bits per heavy atom. The van der Waals surface area contributed by atoms with E-state index in [0.717, 1.165) is 5.69 Å². The molecule has 134 valence electrons. The van der Waals surface area contributed by atoms with Gasteiger partial charge in [-0.2, -0.15) is 0 Å². The average Bonchev–Trinajstić information content (AvgIpc) is 3.03. The van der Waals surface area contributed by atoms with Crippen molar-refractivity contribution in [3.63, 3.8) is 0 Å². The second-order valence-corrected chi connectivity index (χ2v) is 6.17. The Morgan fingerprint density at radius 3 is 2.65 bits per heavy atom. The average molecular weight is 371 g/mol. The van der Waals surface area contributed by atoms with Crippen molar-refractivity contribution in [2.75, 3.05) is 14.2 Å². The number of nitrogens with zero attached hydrogens (tertiary/aromatic N) is 2. The molecule has 0 unspecified atom stereocenters. The van der Waals surface area contributed by atoms with Gasteiger partial charge in [0.1, 0.15) is 5.69 Å². The summed E-state index contributed by atoms with van der Waals surface area (Å²) in [4.78, 5) is 17.3. The SMILES string of the molecule is COc1ccc(CN(C)C(=O)c2c[nH]c(=S)n2-c2ccccc2)cc1F. The first-order valence-electron chi connectivity index (χ1n) is 7.95. The summed E-state index contributed by atoms with van der Waals surface area (Å²) in [6.45, 7) is 0.256. The molecule has 1 heterocycles. The molecular weight excluding hydrogens is 353 g/mol. The predicted octanol–water partition coefficient (Wildman–Crippen LogP) is 3.95. The molecule has 0 aliphatic rings. The van der Waals surface area contributed by atoms with Crippen molar-refractivity contribution in [1.29, 1.82) is 0 Å². The molecule has 0 spiro atoms. The first-order valence-corrected chi connectivity index (χ1v) is 8.36. The molecule has 3 rings (SSSR count). The summed E-state index contributed by atoms with van der Waals surface area (Å²) in [7, 11) is 3.07. The number of para-hydroxylation sites is 1. The quantitative estimate of drug-likeness (QED) is 0.691. The largest absolute Gasteiger partial charge is 0.494 e. The van der Waals surface area contributed by atoms with E-state index >= 15 is 0 Å². The van der Waals surface area contributed by atoms with Crippen molar-refractivity contribution >= 4 is 18.1 Å². The lowest BCUT2D eigenvalue weighted by Gasteiger charge is -2.18. The van der Waals surface area contributed by atoms with E-state index in [1.165, 1.54) is 18.1 Å². The Morgan fingerprint density at radius 2 is 2.00 bits per heavy atom. The smallest absolute Gasteiger partial charge is 0.272 e. The molecule has 1 aromatic heterocycles. The predicted molar refractivity (Wildman–Crippen MR) is 99.7 cm³/mol. The number of ether oxygens (including phenoxy) is 1. The van der Waals surface area contributed by atoms with Crippen molar-refractivity contribution in [2.45, 2.75) is 6.54 Å². The number of benzene rings is 2. The molecule has 0 saturated heterocycles. The first kappa shape index (κ1) is 17.9. The zero-order chi connectivity index (χ0) is 18.7. The highest BCUT2D eigenvalue weighted by molar-refractivity contribution is 7.71. The maximum Gasteiger partial charge on any atom is 0.272 e. The number of H-pyrrole nitrogens is 1. The number of halogens is 1. The standard InChI is InChI=1S/C19H18FN3O2S/c1-22(12-13-8-9-17(25-2)15(20)10-13)18(24)16-11-21-19(26)23(16)14-6-4-3-5-7-14/h3-11H,12H2,1-2H3,(H,21,26). The number of carbonyl (C=O) groups excluding carboxylic acids is 1. The second kappa shape index (κ2) is 7.53. The fraction of sp³-hybridized carbons (Fsp3) is 0.158. The minimum absolute atomic E-state index is 0.172. The van der Waals surface area contributed by atoms with Gasteiger partial charge in [0, 0.05) is 25.5 Å². The Hall–Kier alpha value is -2.93. The number of imidazole rings is 1. The van der Waals surface area contributed by atoms with E-state index in [-0.39, 0.29) is 18.2 Å². The third kappa shape index (κ3) is 3.52. The fourth-order valence-corrected chi connectivity index (χ4v) is 2.97. The van der Waals surface area contributed by atoms with Crippen LogP contribution in [0.25, 0.3) is 5.69 Å². The molecule has 0 fully saturated rings. The highest BCUT2D eigenvalue weighted by Crippen LogP contribution is 2.20. The van der Waals surface area contributed by atoms with Crippen LogP contribution in [-0.2, 0) is 6.54 Å². The van der Waals surface area contributed by atoms with Crippen LogP contribution in [0.5, 0.6) is 5.75 Å².